The second-order valence-electron chi connectivity index (χ2n) is 5.10. The van der Waals surface area contributed by atoms with Gasteiger partial charge in [-0.25, -0.2) is 0 Å². The molecular weight excluding hydrogens is 335 g/mol. The molecule has 1 aromatic heterocycles. The van der Waals surface area contributed by atoms with Crippen molar-refractivity contribution in [2.24, 2.45) is 4.99 Å². The Balaban J connectivity index is 1.96. The highest BCUT2D eigenvalue weighted by molar-refractivity contribution is 6.35. The van der Waals surface area contributed by atoms with Crippen molar-refractivity contribution in [1.29, 1.82) is 0 Å². The normalized spacial score (nSPS) is 13.0. The van der Waals surface area contributed by atoms with Crippen LogP contribution in [0, 0.1) is 0 Å². The van der Waals surface area contributed by atoms with E-state index in [0.29, 0.717) is 22.5 Å². The van der Waals surface area contributed by atoms with Crippen LogP contribution in [0.1, 0.15) is 36.9 Å². The number of nitrogens with zero attached hydrogens (tertiary/aromatic N) is 2. The van der Waals surface area contributed by atoms with Gasteiger partial charge < -0.3 is 15.2 Å². The number of benzene rings is 1. The number of halogens is 2. The highest BCUT2D eigenvalue weighted by Crippen LogP contribution is 2.25. The standard InChI is InChI=1S/C16H20Cl2N4O/c1-4-12-8-13(23-22-12)9-20-16(19-3)21-10(2)14-6-5-11(17)7-15(14)18/h5-8,10H,4,9H2,1-3H3,(H2,19,20,21). The molecule has 0 aliphatic heterocycles. The molecule has 0 saturated heterocycles. The number of aryl methyl sites for hydroxylation is 1. The highest BCUT2D eigenvalue weighted by Gasteiger charge is 2.12. The maximum atomic E-state index is 6.23. The number of hydrogen-bond donors (Lipinski definition) is 2. The molecule has 0 spiro atoms. The molecule has 0 radical (unpaired) electrons. The molecule has 0 saturated carbocycles. The van der Waals surface area contributed by atoms with Crippen molar-refractivity contribution in [3.8, 4) is 0 Å². The van der Waals surface area contributed by atoms with Crippen molar-refractivity contribution in [3.63, 3.8) is 0 Å². The van der Waals surface area contributed by atoms with Gasteiger partial charge in [0, 0.05) is 23.2 Å². The van der Waals surface area contributed by atoms with E-state index < -0.39 is 0 Å². The summed E-state index contributed by atoms with van der Waals surface area (Å²) in [6, 6.07) is 7.36. The first-order valence-electron chi connectivity index (χ1n) is 7.40. The first kappa shape index (κ1) is 17.6. The number of nitrogens with one attached hydrogen (secondary N) is 2. The van der Waals surface area contributed by atoms with Crippen LogP contribution >= 0.6 is 23.2 Å². The Labute approximate surface area is 146 Å². The van der Waals surface area contributed by atoms with Crippen LogP contribution in [0.3, 0.4) is 0 Å². The molecule has 1 heterocycles. The maximum Gasteiger partial charge on any atom is 0.191 e. The Morgan fingerprint density at radius 1 is 1.35 bits per heavy atom. The zero-order valence-electron chi connectivity index (χ0n) is 13.4. The Hall–Kier alpha value is -1.72. The highest BCUT2D eigenvalue weighted by atomic mass is 35.5. The second kappa shape index (κ2) is 8.22. The van der Waals surface area contributed by atoms with E-state index in [1.54, 1.807) is 13.1 Å². The number of rotatable bonds is 5. The molecular formula is C16H20Cl2N4O. The zero-order chi connectivity index (χ0) is 16.8. The zero-order valence-corrected chi connectivity index (χ0v) is 14.9. The van der Waals surface area contributed by atoms with Gasteiger partial charge in [0.15, 0.2) is 11.7 Å². The van der Waals surface area contributed by atoms with Gasteiger partial charge in [0.05, 0.1) is 18.3 Å². The first-order valence-corrected chi connectivity index (χ1v) is 8.15. The van der Waals surface area contributed by atoms with E-state index in [-0.39, 0.29) is 6.04 Å². The van der Waals surface area contributed by atoms with Crippen LogP contribution in [0.2, 0.25) is 10.0 Å². The maximum absolute atomic E-state index is 6.23. The number of guanidine groups is 1. The third kappa shape index (κ3) is 4.88. The predicted octanol–water partition coefficient (Wildman–Crippen LogP) is 3.97. The summed E-state index contributed by atoms with van der Waals surface area (Å²) in [5.74, 6) is 1.42. The smallest absolute Gasteiger partial charge is 0.191 e. The molecule has 23 heavy (non-hydrogen) atoms. The summed E-state index contributed by atoms with van der Waals surface area (Å²) in [4.78, 5) is 4.21. The lowest BCUT2D eigenvalue weighted by Gasteiger charge is -2.19. The number of hydrogen-bond acceptors (Lipinski definition) is 3. The van der Waals surface area contributed by atoms with Gasteiger partial charge >= 0.3 is 0 Å². The minimum absolute atomic E-state index is 0.0214. The van der Waals surface area contributed by atoms with Crippen LogP contribution in [0.15, 0.2) is 33.8 Å². The van der Waals surface area contributed by atoms with Gasteiger partial charge in [0.2, 0.25) is 0 Å². The second-order valence-corrected chi connectivity index (χ2v) is 5.94. The molecule has 124 valence electrons. The van der Waals surface area contributed by atoms with Crippen molar-refractivity contribution in [1.82, 2.24) is 15.8 Å². The molecule has 0 amide bonds. The molecule has 1 unspecified atom stereocenters. The van der Waals surface area contributed by atoms with Gasteiger partial charge in [0.1, 0.15) is 0 Å². The molecule has 0 bridgehead atoms. The van der Waals surface area contributed by atoms with E-state index in [1.807, 2.05) is 32.0 Å². The summed E-state index contributed by atoms with van der Waals surface area (Å²) in [6.45, 7) is 4.55. The van der Waals surface area contributed by atoms with Crippen molar-refractivity contribution in [3.05, 3.63) is 51.3 Å². The van der Waals surface area contributed by atoms with Gasteiger partial charge in [-0.2, -0.15) is 0 Å². The Kier molecular flexibility index (Phi) is 6.30. The lowest BCUT2D eigenvalue weighted by molar-refractivity contribution is 0.374. The molecule has 1 aromatic carbocycles. The molecule has 2 rings (SSSR count). The van der Waals surface area contributed by atoms with E-state index >= 15 is 0 Å². The van der Waals surface area contributed by atoms with Crippen molar-refractivity contribution < 1.29 is 4.52 Å². The quantitative estimate of drug-likeness (QED) is 0.629. The van der Waals surface area contributed by atoms with Gasteiger partial charge in [0.25, 0.3) is 0 Å². The average Bonchev–Trinajstić information content (AvgIpc) is 2.99. The van der Waals surface area contributed by atoms with Gasteiger partial charge in [-0.3, -0.25) is 4.99 Å². The summed E-state index contributed by atoms with van der Waals surface area (Å²) < 4.78 is 5.24. The van der Waals surface area contributed by atoms with E-state index in [9.17, 15) is 0 Å². The molecule has 2 aromatic rings. The van der Waals surface area contributed by atoms with Crippen LogP contribution in [-0.2, 0) is 13.0 Å². The summed E-state index contributed by atoms with van der Waals surface area (Å²) >= 11 is 12.2. The summed E-state index contributed by atoms with van der Waals surface area (Å²) in [6.07, 6.45) is 0.850. The van der Waals surface area contributed by atoms with E-state index in [4.69, 9.17) is 27.7 Å². The molecule has 0 aliphatic carbocycles. The van der Waals surface area contributed by atoms with Crippen molar-refractivity contribution >= 4 is 29.2 Å². The van der Waals surface area contributed by atoms with Crippen molar-refractivity contribution in [2.75, 3.05) is 7.05 Å². The Bertz CT molecular complexity index is 684. The van der Waals surface area contributed by atoms with Gasteiger partial charge in [-0.05, 0) is 31.0 Å². The van der Waals surface area contributed by atoms with Gasteiger partial charge in [-0.15, -0.1) is 0 Å². The Morgan fingerprint density at radius 3 is 2.74 bits per heavy atom. The SMILES string of the molecule is CCc1cc(CNC(=NC)NC(C)c2ccc(Cl)cc2Cl)on1. The topological polar surface area (TPSA) is 62.5 Å². The van der Waals surface area contributed by atoms with Crippen LogP contribution in [-0.4, -0.2) is 18.2 Å². The fourth-order valence-corrected chi connectivity index (χ4v) is 2.68. The lowest BCUT2D eigenvalue weighted by Crippen LogP contribution is -2.38. The summed E-state index contributed by atoms with van der Waals surface area (Å²) in [5.41, 5.74) is 1.89. The van der Waals surface area contributed by atoms with Crippen molar-refractivity contribution in [2.45, 2.75) is 32.9 Å². The lowest BCUT2D eigenvalue weighted by atomic mass is 10.1. The van der Waals surface area contributed by atoms with E-state index in [2.05, 4.69) is 20.8 Å². The third-order valence-corrected chi connectivity index (χ3v) is 3.97. The molecule has 1 atom stereocenters. The molecule has 2 N–H and O–H groups in total. The molecule has 7 heteroatoms. The third-order valence-electron chi connectivity index (χ3n) is 3.41. The number of aliphatic imine (C=N–C) groups is 1. The molecule has 0 aliphatic rings. The van der Waals surface area contributed by atoms with Crippen LogP contribution < -0.4 is 10.6 Å². The van der Waals surface area contributed by atoms with Crippen LogP contribution in [0.25, 0.3) is 0 Å². The molecule has 0 fully saturated rings. The Morgan fingerprint density at radius 2 is 2.13 bits per heavy atom. The number of aromatic nitrogens is 1. The summed E-state index contributed by atoms with van der Waals surface area (Å²) in [5, 5.41) is 11.7. The molecule has 5 nitrogen and oxygen atoms in total. The minimum atomic E-state index is -0.0214. The average molecular weight is 355 g/mol. The van der Waals surface area contributed by atoms with E-state index in [0.717, 1.165) is 23.4 Å². The summed E-state index contributed by atoms with van der Waals surface area (Å²) in [7, 11) is 1.71. The van der Waals surface area contributed by atoms with Crippen LogP contribution in [0.5, 0.6) is 0 Å². The first-order chi connectivity index (χ1) is 11.0. The van der Waals surface area contributed by atoms with Crippen LogP contribution in [0.4, 0.5) is 0 Å². The van der Waals surface area contributed by atoms with E-state index in [1.165, 1.54) is 0 Å². The minimum Gasteiger partial charge on any atom is -0.359 e. The fourth-order valence-electron chi connectivity index (χ4n) is 2.11. The predicted molar refractivity (Wildman–Crippen MR) is 94.1 cm³/mol. The monoisotopic (exact) mass is 354 g/mol. The fraction of sp³-hybridized carbons (Fsp3) is 0.375. The largest absolute Gasteiger partial charge is 0.359 e. The van der Waals surface area contributed by atoms with Gasteiger partial charge in [-0.1, -0.05) is 41.3 Å².